The minimum Gasteiger partial charge on any atom is -0.497 e. The van der Waals surface area contributed by atoms with Gasteiger partial charge in [0.15, 0.2) is 6.23 Å². The second-order valence-electron chi connectivity index (χ2n) is 12.5. The largest absolute Gasteiger partial charge is 0.497 e. The van der Waals surface area contributed by atoms with E-state index in [4.69, 9.17) is 33.2 Å². The number of carbonyl (C=O) groups excluding carboxylic acids is 2. The van der Waals surface area contributed by atoms with E-state index in [2.05, 4.69) is 0 Å². The van der Waals surface area contributed by atoms with Crippen LogP contribution in [0, 0.1) is 0 Å². The normalized spacial score (nSPS) is 22.4. The highest BCUT2D eigenvalue weighted by molar-refractivity contribution is 6.02. The summed E-state index contributed by atoms with van der Waals surface area (Å²) >= 11 is 0. The molecule has 0 spiro atoms. The number of nitrogens with zero attached hydrogens (tertiary/aromatic N) is 1. The number of likely N-dealkylation sites (tertiary alicyclic amines) is 1. The van der Waals surface area contributed by atoms with Crippen LogP contribution in [-0.2, 0) is 57.8 Å². The third kappa shape index (κ3) is 9.09. The molecule has 0 saturated carbocycles. The Morgan fingerprint density at radius 1 is 0.745 bits per heavy atom. The molecule has 0 aliphatic carbocycles. The van der Waals surface area contributed by atoms with Gasteiger partial charge in [0, 0.05) is 25.0 Å². The first-order chi connectivity index (χ1) is 25.0. The number of imide groups is 1. The summed E-state index contributed by atoms with van der Waals surface area (Å²) in [4.78, 5) is 27.8. The van der Waals surface area contributed by atoms with Crippen LogP contribution in [0.3, 0.4) is 0 Å². The molecular formula is C41H45NO9. The van der Waals surface area contributed by atoms with E-state index in [1.54, 1.807) is 31.4 Å². The average Bonchev–Trinajstić information content (AvgIpc) is 3.65. The first-order valence-corrected chi connectivity index (χ1v) is 17.3. The molecule has 0 N–H and O–H groups in total. The lowest BCUT2D eigenvalue weighted by molar-refractivity contribution is -0.300. The average molecular weight is 696 g/mol. The topological polar surface area (TPSA) is 102 Å². The minimum atomic E-state index is -1.50. The van der Waals surface area contributed by atoms with Crippen molar-refractivity contribution in [1.82, 2.24) is 4.90 Å². The SMILES string of the molecule is CCO[C@]1(COCc2ccccc2)O[C@H](COCc2ccccc2)[C@@H](OCc2ccccc2)[C@@H]1OC(c1ccc(OC)cc1)N1C(=O)CCC1=O. The van der Waals surface area contributed by atoms with Crippen molar-refractivity contribution in [2.24, 2.45) is 0 Å². The van der Waals surface area contributed by atoms with Gasteiger partial charge in [0.1, 0.15) is 30.7 Å². The van der Waals surface area contributed by atoms with Crippen LogP contribution in [0.4, 0.5) is 0 Å². The lowest BCUT2D eigenvalue weighted by atomic mass is 10.0. The molecule has 0 bridgehead atoms. The van der Waals surface area contributed by atoms with Gasteiger partial charge in [-0.2, -0.15) is 0 Å². The van der Waals surface area contributed by atoms with Gasteiger partial charge in [-0.1, -0.05) is 103 Å². The summed E-state index contributed by atoms with van der Waals surface area (Å²) in [6.45, 7) is 3.13. The summed E-state index contributed by atoms with van der Waals surface area (Å²) in [5.74, 6) is -1.53. The molecule has 10 heteroatoms. The molecule has 0 radical (unpaired) electrons. The molecule has 2 amide bonds. The molecule has 2 saturated heterocycles. The zero-order chi connectivity index (χ0) is 35.5. The predicted octanol–water partition coefficient (Wildman–Crippen LogP) is 6.38. The molecule has 10 nitrogen and oxygen atoms in total. The number of hydrogen-bond acceptors (Lipinski definition) is 9. The van der Waals surface area contributed by atoms with Crippen LogP contribution in [-0.4, -0.2) is 67.7 Å². The van der Waals surface area contributed by atoms with E-state index in [0.717, 1.165) is 16.7 Å². The van der Waals surface area contributed by atoms with Gasteiger partial charge in [-0.25, -0.2) is 0 Å². The molecule has 2 aliphatic heterocycles. The lowest BCUT2D eigenvalue weighted by Gasteiger charge is -2.38. The first-order valence-electron chi connectivity index (χ1n) is 17.3. The third-order valence-corrected chi connectivity index (χ3v) is 8.93. The third-order valence-electron chi connectivity index (χ3n) is 8.93. The van der Waals surface area contributed by atoms with Crippen molar-refractivity contribution in [2.75, 3.05) is 26.9 Å². The predicted molar refractivity (Wildman–Crippen MR) is 188 cm³/mol. The van der Waals surface area contributed by atoms with Crippen molar-refractivity contribution in [3.8, 4) is 5.75 Å². The van der Waals surface area contributed by atoms with Crippen LogP contribution in [0.25, 0.3) is 0 Å². The van der Waals surface area contributed by atoms with Gasteiger partial charge in [0.2, 0.25) is 17.6 Å². The van der Waals surface area contributed by atoms with Crippen molar-refractivity contribution in [1.29, 1.82) is 0 Å². The lowest BCUT2D eigenvalue weighted by Crippen LogP contribution is -2.53. The summed E-state index contributed by atoms with van der Waals surface area (Å²) < 4.78 is 45.0. The van der Waals surface area contributed by atoms with E-state index in [0.29, 0.717) is 24.5 Å². The van der Waals surface area contributed by atoms with Crippen LogP contribution < -0.4 is 4.74 Å². The molecule has 2 aliphatic rings. The molecule has 4 aromatic carbocycles. The molecule has 2 heterocycles. The van der Waals surface area contributed by atoms with E-state index in [9.17, 15) is 9.59 Å². The zero-order valence-corrected chi connectivity index (χ0v) is 29.1. The van der Waals surface area contributed by atoms with Crippen LogP contribution in [0.2, 0.25) is 0 Å². The number of carbonyl (C=O) groups is 2. The van der Waals surface area contributed by atoms with Crippen molar-refractivity contribution >= 4 is 11.8 Å². The Kier molecular flexibility index (Phi) is 12.6. The van der Waals surface area contributed by atoms with Crippen molar-refractivity contribution in [2.45, 2.75) is 69.9 Å². The quantitative estimate of drug-likeness (QED) is 0.110. The smallest absolute Gasteiger partial charge is 0.232 e. The maximum absolute atomic E-state index is 13.3. The van der Waals surface area contributed by atoms with Crippen molar-refractivity contribution < 1.29 is 42.7 Å². The second kappa shape index (κ2) is 17.7. The monoisotopic (exact) mass is 695 g/mol. The number of hydrogen-bond donors (Lipinski definition) is 0. The summed E-state index contributed by atoms with van der Waals surface area (Å²) in [6.07, 6.45) is -3.33. The van der Waals surface area contributed by atoms with E-state index in [1.807, 2.05) is 97.9 Å². The molecule has 4 aromatic rings. The standard InChI is InChI=1S/C41H45NO9/c1-3-49-41(29-47-26-31-15-9-5-10-16-31)39(50-40(42-36(43)23-24-37(42)44)33-19-21-34(45-2)22-20-33)38(48-27-32-17-11-6-12-18-32)35(51-41)28-46-25-30-13-7-4-8-14-30/h4-22,35,38-40H,3,23-29H2,1-2H3/t35-,38-,39+,40?,41-/m1/s1. The van der Waals surface area contributed by atoms with Crippen molar-refractivity contribution in [3.05, 3.63) is 138 Å². The van der Waals surface area contributed by atoms with Gasteiger partial charge in [-0.05, 0) is 35.7 Å². The molecule has 51 heavy (non-hydrogen) atoms. The maximum Gasteiger partial charge on any atom is 0.232 e. The number of rotatable bonds is 18. The molecule has 6 rings (SSSR count). The number of amides is 2. The van der Waals surface area contributed by atoms with Gasteiger partial charge >= 0.3 is 0 Å². The van der Waals surface area contributed by atoms with Gasteiger partial charge in [0.25, 0.3) is 0 Å². The van der Waals surface area contributed by atoms with E-state index < -0.39 is 30.3 Å². The Labute approximate surface area is 299 Å². The van der Waals surface area contributed by atoms with Crippen LogP contribution in [0.15, 0.2) is 115 Å². The Morgan fingerprint density at radius 2 is 1.29 bits per heavy atom. The van der Waals surface area contributed by atoms with Crippen LogP contribution in [0.1, 0.15) is 48.2 Å². The summed E-state index contributed by atoms with van der Waals surface area (Å²) in [7, 11) is 1.58. The molecule has 2 fully saturated rings. The molecule has 0 aromatic heterocycles. The highest BCUT2D eigenvalue weighted by Crippen LogP contribution is 2.42. The number of methoxy groups -OCH3 is 1. The maximum atomic E-state index is 13.3. The summed E-state index contributed by atoms with van der Waals surface area (Å²) in [5, 5.41) is 0. The Bertz CT molecular complexity index is 1660. The van der Waals surface area contributed by atoms with Gasteiger partial charge in [-0.3, -0.25) is 14.5 Å². The fourth-order valence-corrected chi connectivity index (χ4v) is 6.43. The molecule has 5 atom stereocenters. The summed E-state index contributed by atoms with van der Waals surface area (Å²) in [5.41, 5.74) is 3.52. The Hall–Kier alpha value is -4.42. The van der Waals surface area contributed by atoms with Crippen LogP contribution in [0.5, 0.6) is 5.75 Å². The molecule has 268 valence electrons. The second-order valence-corrected chi connectivity index (χ2v) is 12.5. The fourth-order valence-electron chi connectivity index (χ4n) is 6.43. The van der Waals surface area contributed by atoms with E-state index in [1.165, 1.54) is 4.90 Å². The Balaban J connectivity index is 1.37. The fraction of sp³-hybridized carbons (Fsp3) is 0.366. The molecular weight excluding hydrogens is 650 g/mol. The minimum absolute atomic E-state index is 0.0298. The molecule has 1 unspecified atom stereocenters. The van der Waals surface area contributed by atoms with Crippen LogP contribution >= 0.6 is 0 Å². The highest BCUT2D eigenvalue weighted by atomic mass is 16.8. The zero-order valence-electron chi connectivity index (χ0n) is 29.1. The first kappa shape index (κ1) is 36.4. The number of benzene rings is 4. The number of ether oxygens (including phenoxy) is 7. The highest BCUT2D eigenvalue weighted by Gasteiger charge is 2.59. The summed E-state index contributed by atoms with van der Waals surface area (Å²) in [6, 6.07) is 36.6. The van der Waals surface area contributed by atoms with Gasteiger partial charge in [-0.15, -0.1) is 0 Å². The van der Waals surface area contributed by atoms with Gasteiger partial charge in [0.05, 0.1) is 33.5 Å². The van der Waals surface area contributed by atoms with E-state index in [-0.39, 0.29) is 51.1 Å². The Morgan fingerprint density at radius 3 is 1.84 bits per heavy atom. The van der Waals surface area contributed by atoms with Gasteiger partial charge < -0.3 is 33.2 Å². The van der Waals surface area contributed by atoms with Crippen molar-refractivity contribution in [3.63, 3.8) is 0 Å². The van der Waals surface area contributed by atoms with E-state index >= 15 is 0 Å².